The van der Waals surface area contributed by atoms with Crippen molar-refractivity contribution in [1.29, 1.82) is 0 Å². The molecule has 0 amide bonds. The van der Waals surface area contributed by atoms with E-state index in [2.05, 4.69) is 28.2 Å². The van der Waals surface area contributed by atoms with Crippen LogP contribution in [0.25, 0.3) is 0 Å². The van der Waals surface area contributed by atoms with Gasteiger partial charge in [0.05, 0.1) is 7.11 Å². The molecule has 0 radical (unpaired) electrons. The number of pyridine rings is 1. The van der Waals surface area contributed by atoms with Crippen LogP contribution < -0.4 is 10.1 Å². The van der Waals surface area contributed by atoms with Gasteiger partial charge in [-0.3, -0.25) is 4.90 Å². The van der Waals surface area contributed by atoms with Gasteiger partial charge in [0.15, 0.2) is 0 Å². The lowest BCUT2D eigenvalue weighted by Crippen LogP contribution is -2.32. The summed E-state index contributed by atoms with van der Waals surface area (Å²) in [6.45, 7) is 6.64. The normalized spacial score (nSPS) is 20.2. The van der Waals surface area contributed by atoms with Gasteiger partial charge in [-0.2, -0.15) is 0 Å². The first-order valence-electron chi connectivity index (χ1n) is 6.76. The number of methoxy groups -OCH3 is 1. The van der Waals surface area contributed by atoms with Gasteiger partial charge in [-0.15, -0.1) is 0 Å². The molecule has 4 nitrogen and oxygen atoms in total. The van der Waals surface area contributed by atoms with E-state index in [4.69, 9.17) is 4.74 Å². The van der Waals surface area contributed by atoms with E-state index < -0.39 is 0 Å². The summed E-state index contributed by atoms with van der Waals surface area (Å²) in [6.07, 6.45) is 4.28. The second-order valence-corrected chi connectivity index (χ2v) is 4.88. The Kier molecular flexibility index (Phi) is 4.96. The molecule has 1 fully saturated rings. The fraction of sp³-hybridized carbons (Fsp3) is 0.643. The molecular formula is C14H23N3O. The van der Waals surface area contributed by atoms with Crippen molar-refractivity contribution in [3.63, 3.8) is 0 Å². The lowest BCUT2D eigenvalue weighted by Gasteiger charge is -2.16. The van der Waals surface area contributed by atoms with Crippen LogP contribution in [-0.2, 0) is 6.54 Å². The number of likely N-dealkylation sites (tertiary alicyclic amines) is 1. The maximum Gasteiger partial charge on any atom is 0.213 e. The summed E-state index contributed by atoms with van der Waals surface area (Å²) >= 11 is 0. The molecule has 1 aliphatic heterocycles. The van der Waals surface area contributed by atoms with Gasteiger partial charge < -0.3 is 10.1 Å². The molecule has 0 bridgehead atoms. The molecule has 0 saturated carbocycles. The quantitative estimate of drug-likeness (QED) is 0.832. The van der Waals surface area contributed by atoms with Crippen LogP contribution in [0.4, 0.5) is 0 Å². The number of nitrogens with one attached hydrogen (secondary N) is 1. The molecule has 1 aromatic rings. The van der Waals surface area contributed by atoms with E-state index in [1.54, 1.807) is 7.11 Å². The first kappa shape index (κ1) is 13.3. The van der Waals surface area contributed by atoms with Crippen LogP contribution in [0.5, 0.6) is 5.88 Å². The standard InChI is InChI=1S/C14H23N3O/c1-3-6-15-13-5-8-17(11-13)10-12-4-7-16-14(9-12)18-2/h4,7,9,13,15H,3,5-6,8,10-11H2,1-2H3. The number of nitrogens with zero attached hydrogens (tertiary/aromatic N) is 2. The highest BCUT2D eigenvalue weighted by atomic mass is 16.5. The summed E-state index contributed by atoms with van der Waals surface area (Å²) in [7, 11) is 1.66. The molecule has 18 heavy (non-hydrogen) atoms. The molecule has 1 atom stereocenters. The summed E-state index contributed by atoms with van der Waals surface area (Å²) in [6, 6.07) is 4.75. The van der Waals surface area contributed by atoms with Gasteiger partial charge in [0.2, 0.25) is 5.88 Å². The Labute approximate surface area is 109 Å². The SMILES string of the molecule is CCCNC1CCN(Cc2ccnc(OC)c2)C1. The number of aromatic nitrogens is 1. The molecule has 1 aromatic heterocycles. The maximum absolute atomic E-state index is 5.15. The Morgan fingerprint density at radius 1 is 1.56 bits per heavy atom. The van der Waals surface area contributed by atoms with Crippen LogP contribution in [0, 0.1) is 0 Å². The molecule has 2 rings (SSSR count). The average molecular weight is 249 g/mol. The monoisotopic (exact) mass is 249 g/mol. The molecule has 100 valence electrons. The molecular weight excluding hydrogens is 226 g/mol. The van der Waals surface area contributed by atoms with Gasteiger partial charge >= 0.3 is 0 Å². The highest BCUT2D eigenvalue weighted by molar-refractivity contribution is 5.20. The van der Waals surface area contributed by atoms with Crippen molar-refractivity contribution in [2.45, 2.75) is 32.4 Å². The minimum Gasteiger partial charge on any atom is -0.481 e. The van der Waals surface area contributed by atoms with Crippen LogP contribution in [-0.4, -0.2) is 42.7 Å². The molecule has 2 heterocycles. The third kappa shape index (κ3) is 3.68. The highest BCUT2D eigenvalue weighted by Gasteiger charge is 2.21. The third-order valence-corrected chi connectivity index (χ3v) is 3.37. The Morgan fingerprint density at radius 3 is 3.22 bits per heavy atom. The Hall–Kier alpha value is -1.13. The number of ether oxygens (including phenoxy) is 1. The smallest absolute Gasteiger partial charge is 0.213 e. The summed E-state index contributed by atoms with van der Waals surface area (Å²) in [5, 5.41) is 3.59. The summed E-state index contributed by atoms with van der Waals surface area (Å²) in [5.74, 6) is 0.701. The largest absolute Gasteiger partial charge is 0.481 e. The van der Waals surface area contributed by atoms with E-state index in [-0.39, 0.29) is 0 Å². The zero-order valence-electron chi connectivity index (χ0n) is 11.4. The molecule has 4 heteroatoms. The minimum absolute atomic E-state index is 0.661. The lowest BCUT2D eigenvalue weighted by atomic mass is 10.2. The molecule has 0 aliphatic carbocycles. The minimum atomic E-state index is 0.661. The number of hydrogen-bond donors (Lipinski definition) is 1. The highest BCUT2D eigenvalue weighted by Crippen LogP contribution is 2.15. The van der Waals surface area contributed by atoms with Crippen LogP contribution >= 0.6 is 0 Å². The van der Waals surface area contributed by atoms with Crippen molar-refractivity contribution < 1.29 is 4.74 Å². The van der Waals surface area contributed by atoms with Crippen LogP contribution in [0.2, 0.25) is 0 Å². The third-order valence-electron chi connectivity index (χ3n) is 3.37. The summed E-state index contributed by atoms with van der Waals surface area (Å²) < 4.78 is 5.15. The van der Waals surface area contributed by atoms with E-state index in [0.717, 1.165) is 19.6 Å². The van der Waals surface area contributed by atoms with Crippen molar-refractivity contribution >= 4 is 0 Å². The molecule has 1 unspecified atom stereocenters. The van der Waals surface area contributed by atoms with Crippen molar-refractivity contribution in [2.24, 2.45) is 0 Å². The van der Waals surface area contributed by atoms with Crippen LogP contribution in [0.15, 0.2) is 18.3 Å². The van der Waals surface area contributed by atoms with Crippen molar-refractivity contribution in [2.75, 3.05) is 26.7 Å². The molecule has 1 N–H and O–H groups in total. The zero-order chi connectivity index (χ0) is 12.8. The van der Waals surface area contributed by atoms with Gasteiger partial charge in [0.1, 0.15) is 0 Å². The van der Waals surface area contributed by atoms with Gasteiger partial charge in [0.25, 0.3) is 0 Å². The van der Waals surface area contributed by atoms with Gasteiger partial charge in [-0.05, 0) is 31.0 Å². The van der Waals surface area contributed by atoms with E-state index in [1.807, 2.05) is 12.3 Å². The van der Waals surface area contributed by atoms with E-state index in [1.165, 1.54) is 24.9 Å². The zero-order valence-corrected chi connectivity index (χ0v) is 11.4. The van der Waals surface area contributed by atoms with Gasteiger partial charge in [-0.25, -0.2) is 4.98 Å². The average Bonchev–Trinajstić information content (AvgIpc) is 2.84. The van der Waals surface area contributed by atoms with Crippen LogP contribution in [0.1, 0.15) is 25.3 Å². The Bertz CT molecular complexity index is 370. The van der Waals surface area contributed by atoms with E-state index >= 15 is 0 Å². The fourth-order valence-corrected chi connectivity index (χ4v) is 2.41. The maximum atomic E-state index is 5.15. The predicted octanol–water partition coefficient (Wildman–Crippen LogP) is 1.66. The summed E-state index contributed by atoms with van der Waals surface area (Å²) in [4.78, 5) is 6.62. The van der Waals surface area contributed by atoms with Gasteiger partial charge in [-0.1, -0.05) is 6.92 Å². The first-order chi connectivity index (χ1) is 8.81. The molecule has 0 spiro atoms. The predicted molar refractivity (Wildman–Crippen MR) is 72.8 cm³/mol. The first-order valence-corrected chi connectivity index (χ1v) is 6.76. The Balaban J connectivity index is 1.83. The fourth-order valence-electron chi connectivity index (χ4n) is 2.41. The number of rotatable bonds is 6. The van der Waals surface area contributed by atoms with Crippen molar-refractivity contribution in [3.05, 3.63) is 23.9 Å². The van der Waals surface area contributed by atoms with Crippen LogP contribution in [0.3, 0.4) is 0 Å². The summed E-state index contributed by atoms with van der Waals surface area (Å²) in [5.41, 5.74) is 1.28. The van der Waals surface area contributed by atoms with Crippen molar-refractivity contribution in [1.82, 2.24) is 15.2 Å². The number of hydrogen-bond acceptors (Lipinski definition) is 4. The topological polar surface area (TPSA) is 37.4 Å². The lowest BCUT2D eigenvalue weighted by molar-refractivity contribution is 0.319. The molecule has 1 aliphatic rings. The molecule has 1 saturated heterocycles. The van der Waals surface area contributed by atoms with E-state index in [9.17, 15) is 0 Å². The van der Waals surface area contributed by atoms with E-state index in [0.29, 0.717) is 11.9 Å². The van der Waals surface area contributed by atoms with Gasteiger partial charge in [0, 0.05) is 37.9 Å². The second-order valence-electron chi connectivity index (χ2n) is 4.88. The Morgan fingerprint density at radius 2 is 2.44 bits per heavy atom. The molecule has 0 aromatic carbocycles. The van der Waals surface area contributed by atoms with Crippen molar-refractivity contribution in [3.8, 4) is 5.88 Å². The second kappa shape index (κ2) is 6.71.